The van der Waals surface area contributed by atoms with Crippen LogP contribution in [0.1, 0.15) is 17.3 Å². The fraction of sp³-hybridized carbons (Fsp3) is 0.133. The minimum Gasteiger partial charge on any atom is -0.494 e. The summed E-state index contributed by atoms with van der Waals surface area (Å²) in [5.74, 6) is 0.00217. The molecule has 0 spiro atoms. The molecular weight excluding hydrogens is 286 g/mol. The number of primary amides is 1. The zero-order valence-corrected chi connectivity index (χ0v) is 11.9. The Hall–Kier alpha value is -3.09. The predicted octanol–water partition coefficient (Wildman–Crippen LogP) is 2.84. The standard InChI is InChI=1S/C15H15N3O4/c1-2-22-12-6-4-11(5-7-12)17-13-8-3-10(15(16)19)9-14(13)18(20)21/h3-9,17H,2H2,1H3,(H2,16,19). The van der Waals surface area contributed by atoms with E-state index >= 15 is 0 Å². The van der Waals surface area contributed by atoms with Gasteiger partial charge in [0.25, 0.3) is 5.69 Å². The molecule has 0 radical (unpaired) electrons. The molecule has 0 atom stereocenters. The summed E-state index contributed by atoms with van der Waals surface area (Å²) in [7, 11) is 0. The van der Waals surface area contributed by atoms with Crippen LogP contribution in [0.5, 0.6) is 5.75 Å². The second-order valence-electron chi connectivity index (χ2n) is 4.44. The van der Waals surface area contributed by atoms with Gasteiger partial charge in [-0.2, -0.15) is 0 Å². The lowest BCUT2D eigenvalue weighted by atomic mass is 10.1. The lowest BCUT2D eigenvalue weighted by Gasteiger charge is -2.09. The van der Waals surface area contributed by atoms with Crippen LogP contribution in [-0.4, -0.2) is 17.4 Å². The van der Waals surface area contributed by atoms with Crippen LogP contribution in [0.3, 0.4) is 0 Å². The number of rotatable bonds is 6. The Labute approximate surface area is 126 Å². The van der Waals surface area contributed by atoms with Crippen LogP contribution in [0, 0.1) is 10.1 Å². The number of carbonyl (C=O) groups is 1. The van der Waals surface area contributed by atoms with Crippen molar-refractivity contribution in [2.75, 3.05) is 11.9 Å². The molecule has 0 unspecified atom stereocenters. The Balaban J connectivity index is 2.28. The molecular formula is C15H15N3O4. The van der Waals surface area contributed by atoms with Gasteiger partial charge in [0.1, 0.15) is 11.4 Å². The van der Waals surface area contributed by atoms with E-state index in [0.717, 1.165) is 6.07 Å². The Kier molecular flexibility index (Phi) is 4.57. The minimum atomic E-state index is -0.712. The third-order valence-electron chi connectivity index (χ3n) is 2.92. The molecule has 0 saturated carbocycles. The zero-order chi connectivity index (χ0) is 16.1. The molecule has 7 heteroatoms. The van der Waals surface area contributed by atoms with Crippen molar-refractivity contribution in [1.82, 2.24) is 0 Å². The van der Waals surface area contributed by atoms with Crippen molar-refractivity contribution in [3.05, 3.63) is 58.1 Å². The van der Waals surface area contributed by atoms with E-state index in [-0.39, 0.29) is 16.9 Å². The molecule has 0 aromatic heterocycles. The molecule has 22 heavy (non-hydrogen) atoms. The van der Waals surface area contributed by atoms with Gasteiger partial charge in [0.2, 0.25) is 5.91 Å². The van der Waals surface area contributed by atoms with E-state index in [0.29, 0.717) is 18.0 Å². The molecule has 2 aromatic rings. The van der Waals surface area contributed by atoms with Gasteiger partial charge in [-0.25, -0.2) is 0 Å². The number of benzene rings is 2. The lowest BCUT2D eigenvalue weighted by molar-refractivity contribution is -0.383. The average molecular weight is 301 g/mol. The number of nitro groups is 1. The molecule has 114 valence electrons. The Bertz CT molecular complexity index is 698. The summed E-state index contributed by atoms with van der Waals surface area (Å²) < 4.78 is 5.33. The van der Waals surface area contributed by atoms with Crippen LogP contribution in [0.4, 0.5) is 17.1 Å². The van der Waals surface area contributed by atoms with E-state index in [1.165, 1.54) is 12.1 Å². The minimum absolute atomic E-state index is 0.0870. The van der Waals surface area contributed by atoms with Gasteiger partial charge in [0, 0.05) is 17.3 Å². The molecule has 0 saturated heterocycles. The van der Waals surface area contributed by atoms with Gasteiger partial charge in [-0.3, -0.25) is 14.9 Å². The van der Waals surface area contributed by atoms with Crippen LogP contribution < -0.4 is 15.8 Å². The molecule has 0 heterocycles. The number of anilines is 2. The molecule has 2 rings (SSSR count). The number of nitrogens with one attached hydrogen (secondary N) is 1. The summed E-state index contributed by atoms with van der Waals surface area (Å²) in [6.07, 6.45) is 0. The highest BCUT2D eigenvalue weighted by Gasteiger charge is 2.16. The van der Waals surface area contributed by atoms with Crippen molar-refractivity contribution in [2.24, 2.45) is 5.73 Å². The molecule has 2 aromatic carbocycles. The van der Waals surface area contributed by atoms with Crippen molar-refractivity contribution < 1.29 is 14.5 Å². The first-order valence-electron chi connectivity index (χ1n) is 6.59. The maximum absolute atomic E-state index is 11.1. The first-order valence-corrected chi connectivity index (χ1v) is 6.59. The number of ether oxygens (including phenoxy) is 1. The molecule has 0 aliphatic rings. The second-order valence-corrected chi connectivity index (χ2v) is 4.44. The Morgan fingerprint density at radius 3 is 2.50 bits per heavy atom. The number of hydrogen-bond acceptors (Lipinski definition) is 5. The van der Waals surface area contributed by atoms with Crippen molar-refractivity contribution in [2.45, 2.75) is 6.92 Å². The number of nitro benzene ring substituents is 1. The Morgan fingerprint density at radius 1 is 1.27 bits per heavy atom. The average Bonchev–Trinajstić information content (AvgIpc) is 2.49. The molecule has 0 aliphatic carbocycles. The number of amides is 1. The van der Waals surface area contributed by atoms with E-state index < -0.39 is 10.8 Å². The van der Waals surface area contributed by atoms with Crippen molar-refractivity contribution in [3.63, 3.8) is 0 Å². The fourth-order valence-electron chi connectivity index (χ4n) is 1.90. The Morgan fingerprint density at radius 2 is 1.95 bits per heavy atom. The van der Waals surface area contributed by atoms with Gasteiger partial charge in [-0.15, -0.1) is 0 Å². The normalized spacial score (nSPS) is 10.0. The summed E-state index contributed by atoms with van der Waals surface area (Å²) in [5.41, 5.74) is 5.95. The van der Waals surface area contributed by atoms with Gasteiger partial charge in [0.05, 0.1) is 11.5 Å². The maximum atomic E-state index is 11.1. The van der Waals surface area contributed by atoms with E-state index in [4.69, 9.17) is 10.5 Å². The van der Waals surface area contributed by atoms with E-state index in [2.05, 4.69) is 5.32 Å². The van der Waals surface area contributed by atoms with E-state index in [9.17, 15) is 14.9 Å². The summed E-state index contributed by atoms with van der Waals surface area (Å²) >= 11 is 0. The van der Waals surface area contributed by atoms with Crippen LogP contribution in [0.2, 0.25) is 0 Å². The smallest absolute Gasteiger partial charge is 0.293 e. The molecule has 0 bridgehead atoms. The number of nitrogens with zero attached hydrogens (tertiary/aromatic N) is 1. The molecule has 7 nitrogen and oxygen atoms in total. The molecule has 0 aliphatic heterocycles. The predicted molar refractivity (Wildman–Crippen MR) is 82.5 cm³/mol. The highest BCUT2D eigenvalue weighted by Crippen LogP contribution is 2.29. The third-order valence-corrected chi connectivity index (χ3v) is 2.92. The van der Waals surface area contributed by atoms with Crippen molar-refractivity contribution in [3.8, 4) is 5.75 Å². The van der Waals surface area contributed by atoms with Crippen LogP contribution in [0.25, 0.3) is 0 Å². The summed E-state index contributed by atoms with van der Waals surface area (Å²) in [6.45, 7) is 2.45. The van der Waals surface area contributed by atoms with Gasteiger partial charge in [-0.1, -0.05) is 0 Å². The van der Waals surface area contributed by atoms with Crippen LogP contribution in [0.15, 0.2) is 42.5 Å². The van der Waals surface area contributed by atoms with Gasteiger partial charge < -0.3 is 15.8 Å². The van der Waals surface area contributed by atoms with Gasteiger partial charge >= 0.3 is 0 Å². The van der Waals surface area contributed by atoms with Crippen LogP contribution in [-0.2, 0) is 0 Å². The topological polar surface area (TPSA) is 107 Å². The largest absolute Gasteiger partial charge is 0.494 e. The summed E-state index contributed by atoms with van der Waals surface area (Å²) in [5, 5.41) is 14.1. The summed E-state index contributed by atoms with van der Waals surface area (Å²) in [6, 6.07) is 11.1. The quantitative estimate of drug-likeness (QED) is 0.630. The van der Waals surface area contributed by atoms with Gasteiger partial charge in [-0.05, 0) is 43.3 Å². The van der Waals surface area contributed by atoms with E-state index in [1.807, 2.05) is 6.92 Å². The maximum Gasteiger partial charge on any atom is 0.293 e. The first-order chi connectivity index (χ1) is 10.5. The third kappa shape index (κ3) is 3.51. The number of nitrogens with two attached hydrogens (primary N) is 1. The van der Waals surface area contributed by atoms with Crippen molar-refractivity contribution >= 4 is 23.0 Å². The highest BCUT2D eigenvalue weighted by molar-refractivity contribution is 5.94. The molecule has 3 N–H and O–H groups in total. The fourth-order valence-corrected chi connectivity index (χ4v) is 1.90. The number of carbonyl (C=O) groups excluding carboxylic acids is 1. The first kappa shape index (κ1) is 15.3. The SMILES string of the molecule is CCOc1ccc(Nc2ccc(C(N)=O)cc2[N+](=O)[O-])cc1. The van der Waals surface area contributed by atoms with Crippen molar-refractivity contribution in [1.29, 1.82) is 0 Å². The number of hydrogen-bond donors (Lipinski definition) is 2. The molecule has 1 amide bonds. The summed E-state index contributed by atoms with van der Waals surface area (Å²) in [4.78, 5) is 21.7. The van der Waals surface area contributed by atoms with Gasteiger partial charge in [0.15, 0.2) is 0 Å². The molecule has 0 fully saturated rings. The monoisotopic (exact) mass is 301 g/mol. The highest BCUT2D eigenvalue weighted by atomic mass is 16.6. The lowest BCUT2D eigenvalue weighted by Crippen LogP contribution is -2.11. The van der Waals surface area contributed by atoms with E-state index in [1.54, 1.807) is 24.3 Å². The zero-order valence-electron chi connectivity index (χ0n) is 11.9. The second kappa shape index (κ2) is 6.57. The van der Waals surface area contributed by atoms with Crippen LogP contribution >= 0.6 is 0 Å².